The Morgan fingerprint density at radius 3 is 1.75 bits per heavy atom. The van der Waals surface area contributed by atoms with E-state index in [0.29, 0.717) is 0 Å². The molecule has 214 valence electrons. The van der Waals surface area contributed by atoms with Gasteiger partial charge in [-0.1, -0.05) is 0 Å². The summed E-state index contributed by atoms with van der Waals surface area (Å²) in [5.41, 5.74) is 6.93. The average molecular weight is 630 g/mol. The van der Waals surface area contributed by atoms with Gasteiger partial charge >= 0.3 is 240 Å². The van der Waals surface area contributed by atoms with E-state index in [4.69, 9.17) is 3.32 Å². The minimum absolute atomic E-state index is 0. The van der Waals surface area contributed by atoms with Gasteiger partial charge in [0, 0.05) is 0 Å². The number of aryl methyl sites for hydroxylation is 1. The van der Waals surface area contributed by atoms with Crippen LogP contribution in [0.15, 0.2) is 94.4 Å². The minimum atomic E-state index is -2.54. The van der Waals surface area contributed by atoms with Crippen LogP contribution in [0.1, 0.15) is 70.2 Å². The third-order valence-corrected chi connectivity index (χ3v) is 12.9. The molecule has 0 radical (unpaired) electrons. The summed E-state index contributed by atoms with van der Waals surface area (Å²) in [6.45, 7) is 21.2. The Balaban J connectivity index is 0.00000280. The van der Waals surface area contributed by atoms with Crippen molar-refractivity contribution < 1.29 is 21.1 Å². The molecule has 1 nitrogen and oxygen atoms in total. The van der Waals surface area contributed by atoms with Gasteiger partial charge in [-0.2, -0.15) is 0 Å². The van der Waals surface area contributed by atoms with Crippen LogP contribution in [0.3, 0.4) is 0 Å². The maximum absolute atomic E-state index is 7.57. The zero-order valence-corrected chi connectivity index (χ0v) is 29.9. The van der Waals surface area contributed by atoms with Crippen LogP contribution in [0.2, 0.25) is 13.1 Å². The third kappa shape index (κ3) is 7.78. The smallest absolute Gasteiger partial charge is 0.147 e. The Kier molecular flexibility index (Phi) is 12.1. The topological polar surface area (TPSA) is 9.23 Å². The molecule has 40 heavy (non-hydrogen) atoms. The molecule has 0 fully saturated rings. The van der Waals surface area contributed by atoms with Crippen LogP contribution in [-0.4, -0.2) is 12.6 Å². The second-order valence-corrected chi connectivity index (χ2v) is 18.9. The van der Waals surface area contributed by atoms with Crippen molar-refractivity contribution in [2.24, 2.45) is 5.41 Å². The average Bonchev–Trinajstić information content (AvgIpc) is 3.34. The largest absolute Gasteiger partial charge is 0.147 e. The molecule has 0 unspecified atom stereocenters. The Labute approximate surface area is 263 Å². The summed E-state index contributed by atoms with van der Waals surface area (Å²) >= 11 is -2.54. The number of rotatable bonds is 6. The van der Waals surface area contributed by atoms with E-state index in [1.807, 2.05) is 0 Å². The maximum atomic E-state index is 7.57. The quantitative estimate of drug-likeness (QED) is 0.247. The number of hydrogen-bond acceptors (Lipinski definition) is 1. The second kappa shape index (κ2) is 14.0. The first-order valence-electron chi connectivity index (χ1n) is 14.0. The summed E-state index contributed by atoms with van der Waals surface area (Å²) in [7, 11) is -1.19. The molecule has 0 saturated carbocycles. The number of hydrogen-bond donors (Lipinski definition) is 0. The maximum Gasteiger partial charge on any atom is -0.147 e. The van der Waals surface area contributed by atoms with Gasteiger partial charge in [0.2, 0.25) is 0 Å². The van der Waals surface area contributed by atoms with Gasteiger partial charge in [0.25, 0.3) is 0 Å². The minimum Gasteiger partial charge on any atom is -0.147 e. The molecule has 0 amide bonds. The van der Waals surface area contributed by atoms with Crippen molar-refractivity contribution in [2.45, 2.75) is 73.4 Å². The SMILES string of the molecule is Cc1cc([O][Ti]([C]2=C(C(C)(C)C)C=CC2)=[C](c2ccccc2)c2ccccc2)c([SiH](C)C)c(C(C)(C)C)c1.Cl.Cl. The number of benzene rings is 3. The molecular formula is C35H46Cl2OSiTi. The monoisotopic (exact) mass is 628 g/mol. The first kappa shape index (κ1) is 34.5. The van der Waals surface area contributed by atoms with Crippen LogP contribution in [0.4, 0.5) is 0 Å². The molecule has 0 heterocycles. The van der Waals surface area contributed by atoms with Gasteiger partial charge < -0.3 is 0 Å². The Morgan fingerprint density at radius 2 is 1.30 bits per heavy atom. The van der Waals surface area contributed by atoms with Crippen LogP contribution >= 0.6 is 24.8 Å². The molecule has 0 saturated heterocycles. The molecule has 4 rings (SSSR count). The Bertz CT molecular complexity index is 1350. The molecule has 0 bridgehead atoms. The van der Waals surface area contributed by atoms with Crippen LogP contribution in [-0.2, 0) is 23.2 Å². The van der Waals surface area contributed by atoms with Crippen molar-refractivity contribution in [2.75, 3.05) is 0 Å². The first-order chi connectivity index (χ1) is 17.9. The van der Waals surface area contributed by atoms with Crippen molar-refractivity contribution in [1.29, 1.82) is 0 Å². The predicted octanol–water partition coefficient (Wildman–Crippen LogP) is 9.27. The molecule has 1 aliphatic carbocycles. The zero-order chi connectivity index (χ0) is 27.7. The van der Waals surface area contributed by atoms with E-state index in [1.54, 1.807) is 0 Å². The van der Waals surface area contributed by atoms with Crippen molar-refractivity contribution >= 4 is 42.6 Å². The molecule has 0 N–H and O–H groups in total. The Morgan fingerprint density at radius 1 is 0.775 bits per heavy atom. The standard InChI is InChI=1S/C13H22OSi.C13H10.C9H13.2ClH.Ti/c1-9-7-10(13(2,3)4)12(15(5)6)11(14)8-9;1-3-7-12(8-4-1)11-13-9-5-2-6-10-13;1-9(2,3)8-6-4-5-7-8;;;/h7-8,14-15H,1-6H3;1-10H;4,6H,5H2,1-3H3;2*1H;/q;;;;;+1/p-1. The molecule has 3 aromatic carbocycles. The molecule has 0 aliphatic heterocycles. The van der Waals surface area contributed by atoms with Gasteiger partial charge in [-0.3, -0.25) is 0 Å². The summed E-state index contributed by atoms with van der Waals surface area (Å²) in [5.74, 6) is 1.14. The van der Waals surface area contributed by atoms with Gasteiger partial charge in [0.1, 0.15) is 0 Å². The van der Waals surface area contributed by atoms with E-state index in [9.17, 15) is 0 Å². The molecule has 0 aromatic heterocycles. The predicted molar refractivity (Wildman–Crippen MR) is 180 cm³/mol. The van der Waals surface area contributed by atoms with Gasteiger partial charge in [-0.05, 0) is 0 Å². The summed E-state index contributed by atoms with van der Waals surface area (Å²) in [5, 5.41) is 1.50. The molecule has 0 atom stereocenters. The van der Waals surface area contributed by atoms with Crippen molar-refractivity contribution in [3.8, 4) is 5.75 Å². The van der Waals surface area contributed by atoms with Crippen molar-refractivity contribution in [3.63, 3.8) is 0 Å². The fraction of sp³-hybridized carbons (Fsp3) is 0.343. The summed E-state index contributed by atoms with van der Waals surface area (Å²) in [6.07, 6.45) is 5.71. The van der Waals surface area contributed by atoms with Crippen LogP contribution in [0.5, 0.6) is 5.75 Å². The molecular weight excluding hydrogens is 583 g/mol. The molecule has 5 heteroatoms. The zero-order valence-electron chi connectivity index (χ0n) is 25.6. The fourth-order valence-corrected chi connectivity index (χ4v) is 11.9. The van der Waals surface area contributed by atoms with E-state index in [2.05, 4.69) is 147 Å². The second-order valence-electron chi connectivity index (χ2n) is 12.9. The van der Waals surface area contributed by atoms with Crippen molar-refractivity contribution in [3.05, 3.63) is 117 Å². The van der Waals surface area contributed by atoms with E-state index in [-0.39, 0.29) is 35.6 Å². The van der Waals surface area contributed by atoms with Crippen LogP contribution < -0.4 is 8.51 Å². The Hall–Kier alpha value is -1.68. The summed E-state index contributed by atoms with van der Waals surface area (Å²) in [6, 6.07) is 26.7. The molecule has 3 aromatic rings. The molecule has 0 spiro atoms. The van der Waals surface area contributed by atoms with E-state index < -0.39 is 26.6 Å². The van der Waals surface area contributed by atoms with E-state index in [1.165, 1.54) is 40.7 Å². The summed E-state index contributed by atoms with van der Waals surface area (Å²) in [4.78, 5) is 0. The first-order valence-corrected chi connectivity index (χ1v) is 19.0. The summed E-state index contributed by atoms with van der Waals surface area (Å²) < 4.78 is 10.5. The third-order valence-electron chi connectivity index (χ3n) is 7.25. The van der Waals surface area contributed by atoms with Crippen LogP contribution in [0.25, 0.3) is 0 Å². The van der Waals surface area contributed by atoms with Gasteiger partial charge in [-0.25, -0.2) is 0 Å². The van der Waals surface area contributed by atoms with E-state index in [0.717, 1.165) is 12.2 Å². The van der Waals surface area contributed by atoms with E-state index >= 15 is 0 Å². The molecule has 1 aliphatic rings. The van der Waals surface area contributed by atoms with Gasteiger partial charge in [-0.15, -0.1) is 24.8 Å². The van der Waals surface area contributed by atoms with Gasteiger partial charge in [0.05, 0.1) is 0 Å². The van der Waals surface area contributed by atoms with Gasteiger partial charge in [0.15, 0.2) is 0 Å². The van der Waals surface area contributed by atoms with Crippen molar-refractivity contribution in [1.82, 2.24) is 0 Å². The normalized spacial score (nSPS) is 13.2. The van der Waals surface area contributed by atoms with Crippen LogP contribution in [0, 0.1) is 12.3 Å². The number of allylic oxidation sites excluding steroid dienone is 4. The number of halogens is 2. The fourth-order valence-electron chi connectivity index (χ4n) is 5.50.